The molecule has 120 valence electrons. The van der Waals surface area contributed by atoms with Crippen LogP contribution in [0.15, 0.2) is 58.1 Å². The van der Waals surface area contributed by atoms with Crippen LogP contribution < -0.4 is 21.8 Å². The summed E-state index contributed by atoms with van der Waals surface area (Å²) in [6, 6.07) is 14.2. The number of H-pyrrole nitrogens is 2. The van der Waals surface area contributed by atoms with E-state index in [1.54, 1.807) is 24.3 Å². The lowest BCUT2D eigenvalue weighted by molar-refractivity contribution is 1.00. The van der Waals surface area contributed by atoms with Crippen LogP contribution in [-0.2, 0) is 0 Å². The van der Waals surface area contributed by atoms with Crippen LogP contribution in [0, 0.1) is 0 Å². The average molecular weight is 359 g/mol. The van der Waals surface area contributed by atoms with Crippen molar-refractivity contribution in [3.8, 4) is 0 Å². The highest BCUT2D eigenvalue weighted by Crippen LogP contribution is 2.24. The molecule has 0 spiro atoms. The number of halogens is 2. The fourth-order valence-corrected chi connectivity index (χ4v) is 2.71. The molecule has 6 heteroatoms. The van der Waals surface area contributed by atoms with Crippen LogP contribution >= 0.6 is 23.2 Å². The lowest BCUT2D eigenvalue weighted by Gasteiger charge is -2.00. The zero-order chi connectivity index (χ0) is 17.1. The number of aromatic nitrogens is 2. The molecule has 0 radical (unpaired) electrons. The highest BCUT2D eigenvalue weighted by molar-refractivity contribution is 6.37. The molecule has 0 saturated heterocycles. The van der Waals surface area contributed by atoms with Crippen molar-refractivity contribution in [1.29, 1.82) is 0 Å². The third kappa shape index (κ3) is 3.50. The van der Waals surface area contributed by atoms with Gasteiger partial charge < -0.3 is 9.97 Å². The Kier molecular flexibility index (Phi) is 4.69. The molecule has 0 bridgehead atoms. The Morgan fingerprint density at radius 1 is 0.708 bits per heavy atom. The SMILES string of the molecule is O=c1[nH]/c(=C\c2c(Cl)cccc2Cl)c(=O)[nH]/c1=C\c1ccccc1. The molecule has 0 aliphatic carbocycles. The van der Waals surface area contributed by atoms with Gasteiger partial charge in [0.1, 0.15) is 10.7 Å². The quantitative estimate of drug-likeness (QED) is 0.735. The first-order valence-electron chi connectivity index (χ1n) is 7.10. The second-order valence-electron chi connectivity index (χ2n) is 5.07. The number of nitrogens with one attached hydrogen (secondary N) is 2. The van der Waals surface area contributed by atoms with Crippen LogP contribution in [-0.4, -0.2) is 9.97 Å². The average Bonchev–Trinajstić information content (AvgIpc) is 2.56. The summed E-state index contributed by atoms with van der Waals surface area (Å²) < 4.78 is 0. The zero-order valence-electron chi connectivity index (χ0n) is 12.3. The summed E-state index contributed by atoms with van der Waals surface area (Å²) in [6.45, 7) is 0. The molecule has 4 nitrogen and oxygen atoms in total. The van der Waals surface area contributed by atoms with Crippen molar-refractivity contribution in [2.45, 2.75) is 0 Å². The number of aromatic amines is 2. The van der Waals surface area contributed by atoms with Crippen LogP contribution in [0.3, 0.4) is 0 Å². The molecule has 0 aliphatic rings. The molecule has 1 heterocycles. The molecule has 0 atom stereocenters. The summed E-state index contributed by atoms with van der Waals surface area (Å²) in [5.74, 6) is 0. The van der Waals surface area contributed by atoms with Crippen LogP contribution in [0.2, 0.25) is 10.0 Å². The van der Waals surface area contributed by atoms with Crippen molar-refractivity contribution >= 4 is 35.4 Å². The molecule has 2 N–H and O–H groups in total. The van der Waals surface area contributed by atoms with Crippen LogP contribution in [0.1, 0.15) is 11.1 Å². The van der Waals surface area contributed by atoms with Gasteiger partial charge in [0.05, 0.1) is 0 Å². The van der Waals surface area contributed by atoms with Gasteiger partial charge in [-0.05, 0) is 29.8 Å². The lowest BCUT2D eigenvalue weighted by atomic mass is 10.2. The molecule has 24 heavy (non-hydrogen) atoms. The summed E-state index contributed by atoms with van der Waals surface area (Å²) in [6.07, 6.45) is 3.06. The van der Waals surface area contributed by atoms with E-state index in [2.05, 4.69) is 9.97 Å². The fourth-order valence-electron chi connectivity index (χ4n) is 2.20. The van der Waals surface area contributed by atoms with Gasteiger partial charge in [-0.2, -0.15) is 0 Å². The molecule has 0 amide bonds. The number of hydrogen-bond donors (Lipinski definition) is 2. The second kappa shape index (κ2) is 6.91. The summed E-state index contributed by atoms with van der Waals surface area (Å²) in [5.41, 5.74) is 0.437. The Morgan fingerprint density at radius 2 is 1.25 bits per heavy atom. The first-order chi connectivity index (χ1) is 11.5. The molecule has 0 fully saturated rings. The second-order valence-corrected chi connectivity index (χ2v) is 5.88. The van der Waals surface area contributed by atoms with E-state index in [-0.39, 0.29) is 10.7 Å². The third-order valence-corrected chi connectivity index (χ3v) is 4.04. The normalized spacial score (nSPS) is 12.6. The van der Waals surface area contributed by atoms with E-state index in [0.29, 0.717) is 15.6 Å². The molecule has 0 aliphatic heterocycles. The van der Waals surface area contributed by atoms with Crippen molar-refractivity contribution in [1.82, 2.24) is 9.97 Å². The zero-order valence-corrected chi connectivity index (χ0v) is 13.9. The minimum atomic E-state index is -0.437. The van der Waals surface area contributed by atoms with Crippen LogP contribution in [0.25, 0.3) is 12.2 Å². The Bertz CT molecular complexity index is 1100. The lowest BCUT2D eigenvalue weighted by Crippen LogP contribution is -2.46. The fraction of sp³-hybridized carbons (Fsp3) is 0. The summed E-state index contributed by atoms with van der Waals surface area (Å²) in [7, 11) is 0. The topological polar surface area (TPSA) is 65.7 Å². The molecule has 1 aromatic heterocycles. The third-order valence-electron chi connectivity index (χ3n) is 3.38. The van der Waals surface area contributed by atoms with Gasteiger partial charge in [0, 0.05) is 15.6 Å². The standard InChI is InChI=1S/C18H12Cl2N2O2/c19-13-7-4-8-14(20)12(13)10-16-18(24)21-15(17(23)22-16)9-11-5-2-1-3-6-11/h1-10H,(H,21,24)(H,22,23)/b15-9-,16-10-. The molecule has 3 rings (SSSR count). The van der Waals surface area contributed by atoms with Gasteiger partial charge in [0.15, 0.2) is 0 Å². The maximum absolute atomic E-state index is 12.2. The maximum Gasteiger partial charge on any atom is 0.272 e. The van der Waals surface area contributed by atoms with E-state index in [4.69, 9.17) is 23.2 Å². The van der Waals surface area contributed by atoms with Gasteiger partial charge in [0.2, 0.25) is 0 Å². The van der Waals surface area contributed by atoms with Crippen LogP contribution in [0.4, 0.5) is 0 Å². The van der Waals surface area contributed by atoms with Gasteiger partial charge in [-0.3, -0.25) is 9.59 Å². The minimum absolute atomic E-state index is 0.0835. The summed E-state index contributed by atoms with van der Waals surface area (Å²) in [4.78, 5) is 29.6. The highest BCUT2D eigenvalue weighted by atomic mass is 35.5. The Labute approximate surface area is 146 Å². The van der Waals surface area contributed by atoms with E-state index in [0.717, 1.165) is 5.56 Å². The monoisotopic (exact) mass is 358 g/mol. The maximum atomic E-state index is 12.2. The Morgan fingerprint density at radius 3 is 1.83 bits per heavy atom. The van der Waals surface area contributed by atoms with Crippen molar-refractivity contribution in [2.24, 2.45) is 0 Å². The number of benzene rings is 2. The van der Waals surface area contributed by atoms with Crippen molar-refractivity contribution in [3.63, 3.8) is 0 Å². The van der Waals surface area contributed by atoms with Crippen molar-refractivity contribution in [3.05, 3.63) is 101 Å². The Balaban J connectivity index is 2.19. The van der Waals surface area contributed by atoms with Gasteiger partial charge >= 0.3 is 0 Å². The molecule has 2 aromatic carbocycles. The van der Waals surface area contributed by atoms with Crippen LogP contribution in [0.5, 0.6) is 0 Å². The van der Waals surface area contributed by atoms with Gasteiger partial charge in [-0.15, -0.1) is 0 Å². The minimum Gasteiger partial charge on any atom is -0.316 e. The summed E-state index contributed by atoms with van der Waals surface area (Å²) in [5, 5.41) is 1.04. The first-order valence-corrected chi connectivity index (χ1v) is 7.85. The highest BCUT2D eigenvalue weighted by Gasteiger charge is 2.03. The van der Waals surface area contributed by atoms with E-state index < -0.39 is 11.1 Å². The number of rotatable bonds is 2. The molecule has 0 unspecified atom stereocenters. The summed E-state index contributed by atoms with van der Waals surface area (Å²) >= 11 is 12.2. The van der Waals surface area contributed by atoms with Crippen molar-refractivity contribution < 1.29 is 0 Å². The van der Waals surface area contributed by atoms with E-state index >= 15 is 0 Å². The van der Waals surface area contributed by atoms with Crippen molar-refractivity contribution in [2.75, 3.05) is 0 Å². The molecular formula is C18H12Cl2N2O2. The van der Waals surface area contributed by atoms with Gasteiger partial charge in [-0.25, -0.2) is 0 Å². The molecule has 3 aromatic rings. The smallest absolute Gasteiger partial charge is 0.272 e. The number of hydrogen-bond acceptors (Lipinski definition) is 2. The largest absolute Gasteiger partial charge is 0.316 e. The Hall–Kier alpha value is -2.56. The predicted molar refractivity (Wildman–Crippen MR) is 97.0 cm³/mol. The first kappa shape index (κ1) is 16.3. The molecule has 0 saturated carbocycles. The predicted octanol–water partition coefficient (Wildman–Crippen LogP) is 2.03. The van der Waals surface area contributed by atoms with Gasteiger partial charge in [-0.1, -0.05) is 59.6 Å². The van der Waals surface area contributed by atoms with Gasteiger partial charge in [0.25, 0.3) is 11.1 Å². The molecular weight excluding hydrogens is 347 g/mol. The van der Waals surface area contributed by atoms with E-state index in [9.17, 15) is 9.59 Å². The van der Waals surface area contributed by atoms with E-state index in [1.165, 1.54) is 6.08 Å². The van der Waals surface area contributed by atoms with E-state index in [1.807, 2.05) is 30.3 Å².